The molecule has 25 heavy (non-hydrogen) atoms. The Balaban J connectivity index is 1.50. The summed E-state index contributed by atoms with van der Waals surface area (Å²) in [6.07, 6.45) is 1.41. The summed E-state index contributed by atoms with van der Waals surface area (Å²) in [4.78, 5) is 11.5. The molecule has 0 spiro atoms. The predicted octanol–water partition coefficient (Wildman–Crippen LogP) is 2.97. The second-order valence-electron chi connectivity index (χ2n) is 4.55. The molecule has 0 atom stereocenters. The molecule has 2 heterocycles. The number of rotatable bonds is 5. The SMILES string of the molecule is O=C(OCC#CCSc1nnnn1-c1ccc(Br)cc1)c1ccco1. The lowest BCUT2D eigenvalue weighted by Crippen LogP contribution is -2.03. The van der Waals surface area contributed by atoms with Crippen LogP contribution in [0.1, 0.15) is 10.6 Å². The summed E-state index contributed by atoms with van der Waals surface area (Å²) in [5.74, 6) is 5.76. The average molecular weight is 419 g/mol. The summed E-state index contributed by atoms with van der Waals surface area (Å²) in [6.45, 7) is -0.00224. The molecule has 2 aromatic heterocycles. The van der Waals surface area contributed by atoms with E-state index in [1.165, 1.54) is 24.1 Å². The van der Waals surface area contributed by atoms with E-state index in [1.54, 1.807) is 10.7 Å². The van der Waals surface area contributed by atoms with Gasteiger partial charge in [-0.2, -0.15) is 4.68 Å². The van der Waals surface area contributed by atoms with E-state index in [0.29, 0.717) is 10.9 Å². The number of aromatic nitrogens is 4. The molecule has 3 rings (SSSR count). The minimum atomic E-state index is -0.536. The highest BCUT2D eigenvalue weighted by atomic mass is 79.9. The number of carbonyl (C=O) groups is 1. The van der Waals surface area contributed by atoms with Crippen LogP contribution < -0.4 is 0 Å². The predicted molar refractivity (Wildman–Crippen MR) is 94.3 cm³/mol. The normalized spacial score (nSPS) is 10.1. The summed E-state index contributed by atoms with van der Waals surface area (Å²) in [6, 6.07) is 10.8. The fraction of sp³-hybridized carbons (Fsp3) is 0.125. The first kappa shape index (κ1) is 17.3. The first-order valence-corrected chi connectivity index (χ1v) is 8.85. The molecule has 0 radical (unpaired) electrons. The van der Waals surface area contributed by atoms with Gasteiger partial charge in [0.15, 0.2) is 6.61 Å². The lowest BCUT2D eigenvalue weighted by Gasteiger charge is -2.02. The highest BCUT2D eigenvalue weighted by molar-refractivity contribution is 9.10. The van der Waals surface area contributed by atoms with Crippen LogP contribution in [0.4, 0.5) is 0 Å². The van der Waals surface area contributed by atoms with Gasteiger partial charge in [-0.3, -0.25) is 0 Å². The second kappa shape index (κ2) is 8.50. The topological polar surface area (TPSA) is 83.0 Å². The number of furan rings is 1. The quantitative estimate of drug-likeness (QED) is 0.357. The first-order valence-electron chi connectivity index (χ1n) is 7.07. The van der Waals surface area contributed by atoms with E-state index in [2.05, 4.69) is 43.3 Å². The first-order chi connectivity index (χ1) is 12.2. The van der Waals surface area contributed by atoms with Crippen LogP contribution in [0.15, 0.2) is 56.7 Å². The van der Waals surface area contributed by atoms with Crippen molar-refractivity contribution in [3.8, 4) is 17.5 Å². The number of carbonyl (C=O) groups excluding carboxylic acids is 1. The van der Waals surface area contributed by atoms with Crippen molar-refractivity contribution in [3.63, 3.8) is 0 Å². The summed E-state index contributed by atoms with van der Waals surface area (Å²) in [5.41, 5.74) is 0.857. The maximum absolute atomic E-state index is 11.5. The van der Waals surface area contributed by atoms with Crippen molar-refractivity contribution in [1.82, 2.24) is 20.2 Å². The number of halogens is 1. The van der Waals surface area contributed by atoms with E-state index in [4.69, 9.17) is 9.15 Å². The molecule has 1 aromatic carbocycles. The molecule has 7 nitrogen and oxygen atoms in total. The molecule has 0 fully saturated rings. The van der Waals surface area contributed by atoms with Crippen LogP contribution in [0, 0.1) is 11.8 Å². The molecular formula is C16H11BrN4O3S. The largest absolute Gasteiger partial charge is 0.457 e. The Morgan fingerprint density at radius 1 is 1.28 bits per heavy atom. The van der Waals surface area contributed by atoms with Gasteiger partial charge in [-0.15, -0.1) is 5.10 Å². The van der Waals surface area contributed by atoms with Crippen LogP contribution in [-0.4, -0.2) is 38.5 Å². The number of esters is 1. The molecule has 0 saturated carbocycles. The van der Waals surface area contributed by atoms with Gasteiger partial charge in [0.25, 0.3) is 0 Å². The monoisotopic (exact) mass is 418 g/mol. The van der Waals surface area contributed by atoms with E-state index in [0.717, 1.165) is 10.2 Å². The summed E-state index contributed by atoms with van der Waals surface area (Å²) in [5, 5.41) is 12.3. The van der Waals surface area contributed by atoms with E-state index in [9.17, 15) is 4.79 Å². The van der Waals surface area contributed by atoms with E-state index < -0.39 is 5.97 Å². The van der Waals surface area contributed by atoms with Crippen molar-refractivity contribution in [3.05, 3.63) is 52.9 Å². The number of thioether (sulfide) groups is 1. The number of nitrogens with zero attached hydrogens (tertiary/aromatic N) is 4. The Morgan fingerprint density at radius 3 is 2.88 bits per heavy atom. The highest BCUT2D eigenvalue weighted by Gasteiger charge is 2.09. The summed E-state index contributed by atoms with van der Waals surface area (Å²) < 4.78 is 12.5. The third-order valence-corrected chi connectivity index (χ3v) is 4.24. The standard InChI is InChI=1S/C16H11BrN4O3S/c17-12-5-7-13(8-6-12)21-16(18-19-20-21)25-11-2-1-9-24-15(22)14-4-3-10-23-14/h3-8,10H,9,11H2. The lowest BCUT2D eigenvalue weighted by molar-refractivity contribution is 0.0520. The van der Waals surface area contributed by atoms with Crippen molar-refractivity contribution in [2.45, 2.75) is 5.16 Å². The molecule has 0 aliphatic carbocycles. The zero-order chi connectivity index (χ0) is 17.5. The van der Waals surface area contributed by atoms with E-state index in [1.807, 2.05) is 24.3 Å². The van der Waals surface area contributed by atoms with E-state index in [-0.39, 0.29) is 12.4 Å². The van der Waals surface area contributed by atoms with Crippen LogP contribution in [0.25, 0.3) is 5.69 Å². The Kier molecular flexibility index (Phi) is 5.87. The van der Waals surface area contributed by atoms with Crippen LogP contribution in [-0.2, 0) is 4.74 Å². The number of benzene rings is 1. The summed E-state index contributed by atoms with van der Waals surface area (Å²) >= 11 is 4.78. The van der Waals surface area contributed by atoms with Gasteiger partial charge in [0, 0.05) is 4.47 Å². The molecule has 3 aromatic rings. The Labute approximate surface area is 155 Å². The van der Waals surface area contributed by atoms with Gasteiger partial charge in [-0.05, 0) is 46.8 Å². The maximum atomic E-state index is 11.5. The Morgan fingerprint density at radius 2 is 2.12 bits per heavy atom. The van der Waals surface area contributed by atoms with Crippen LogP contribution in [0.3, 0.4) is 0 Å². The number of tetrazole rings is 1. The van der Waals surface area contributed by atoms with Crippen LogP contribution in [0.2, 0.25) is 0 Å². The van der Waals surface area contributed by atoms with Gasteiger partial charge in [0.2, 0.25) is 10.9 Å². The molecular weight excluding hydrogens is 408 g/mol. The zero-order valence-corrected chi connectivity index (χ0v) is 15.2. The van der Waals surface area contributed by atoms with Gasteiger partial charge in [-0.25, -0.2) is 4.79 Å². The second-order valence-corrected chi connectivity index (χ2v) is 6.40. The third kappa shape index (κ3) is 4.71. The smallest absolute Gasteiger partial charge is 0.375 e. The molecule has 0 saturated heterocycles. The molecule has 0 amide bonds. The van der Waals surface area contributed by atoms with Crippen molar-refractivity contribution < 1.29 is 13.9 Å². The third-order valence-electron chi connectivity index (χ3n) is 2.91. The Bertz CT molecular complexity index is 898. The zero-order valence-electron chi connectivity index (χ0n) is 12.8. The van der Waals surface area contributed by atoms with Gasteiger partial charge in [0.1, 0.15) is 0 Å². The number of ether oxygens (including phenoxy) is 1. The molecule has 0 aliphatic rings. The summed E-state index contributed by atoms with van der Waals surface area (Å²) in [7, 11) is 0. The molecule has 0 unspecified atom stereocenters. The van der Waals surface area contributed by atoms with Gasteiger partial charge in [-0.1, -0.05) is 39.5 Å². The van der Waals surface area contributed by atoms with Crippen molar-refractivity contribution in [1.29, 1.82) is 0 Å². The van der Waals surface area contributed by atoms with Crippen molar-refractivity contribution >= 4 is 33.7 Å². The van der Waals surface area contributed by atoms with Crippen molar-refractivity contribution in [2.24, 2.45) is 0 Å². The number of hydrogen-bond acceptors (Lipinski definition) is 7. The molecule has 0 N–H and O–H groups in total. The average Bonchev–Trinajstić information content (AvgIpc) is 3.30. The molecule has 0 aliphatic heterocycles. The fourth-order valence-electron chi connectivity index (χ4n) is 1.78. The molecule has 0 bridgehead atoms. The van der Waals surface area contributed by atoms with Gasteiger partial charge in [0.05, 0.1) is 17.7 Å². The van der Waals surface area contributed by atoms with E-state index >= 15 is 0 Å². The number of hydrogen-bond donors (Lipinski definition) is 0. The van der Waals surface area contributed by atoms with Crippen LogP contribution in [0.5, 0.6) is 0 Å². The molecule has 126 valence electrons. The minimum absolute atomic E-state index is 0.00224. The minimum Gasteiger partial charge on any atom is -0.457 e. The van der Waals surface area contributed by atoms with Crippen LogP contribution >= 0.6 is 27.7 Å². The fourth-order valence-corrected chi connectivity index (χ4v) is 2.71. The van der Waals surface area contributed by atoms with Gasteiger partial charge >= 0.3 is 5.97 Å². The molecule has 9 heteroatoms. The highest BCUT2D eigenvalue weighted by Crippen LogP contribution is 2.19. The van der Waals surface area contributed by atoms with Crippen molar-refractivity contribution in [2.75, 3.05) is 12.4 Å². The van der Waals surface area contributed by atoms with Gasteiger partial charge < -0.3 is 9.15 Å². The maximum Gasteiger partial charge on any atom is 0.375 e. The lowest BCUT2D eigenvalue weighted by atomic mass is 10.3. The Hall–Kier alpha value is -2.57.